The van der Waals surface area contributed by atoms with Crippen molar-refractivity contribution in [2.24, 2.45) is 0 Å². The number of hydrogen-bond acceptors (Lipinski definition) is 5. The monoisotopic (exact) mass is 273 g/mol. The molecule has 1 aromatic carbocycles. The molecule has 0 fully saturated rings. The van der Waals surface area contributed by atoms with Crippen LogP contribution in [0.5, 0.6) is 0 Å². The lowest BCUT2D eigenvalue weighted by Crippen LogP contribution is -2.11. The Labute approximate surface area is 106 Å². The lowest BCUT2D eigenvalue weighted by Gasteiger charge is -2.04. The number of hydrogen-bond donors (Lipinski definition) is 0. The molecule has 0 saturated heterocycles. The Kier molecular flexibility index (Phi) is 5.24. The summed E-state index contributed by atoms with van der Waals surface area (Å²) >= 11 is 0. The van der Waals surface area contributed by atoms with Crippen molar-refractivity contribution in [3.05, 3.63) is 39.9 Å². The average molecular weight is 273 g/mol. The minimum absolute atomic E-state index is 0.0378. The Morgan fingerprint density at radius 2 is 1.94 bits per heavy atom. The summed E-state index contributed by atoms with van der Waals surface area (Å²) in [5, 5.41) is 10.7. The second kappa shape index (κ2) is 6.46. The first-order valence-electron chi connectivity index (χ1n) is 5.38. The molecular formula is C11H15NO5S. The van der Waals surface area contributed by atoms with Gasteiger partial charge in [-0.3, -0.25) is 10.1 Å². The summed E-state index contributed by atoms with van der Waals surface area (Å²) < 4.78 is 26.8. The zero-order valence-electron chi connectivity index (χ0n) is 10.0. The minimum atomic E-state index is -3.02. The normalized spacial score (nSPS) is 11.4. The van der Waals surface area contributed by atoms with Crippen LogP contribution >= 0.6 is 0 Å². The summed E-state index contributed by atoms with van der Waals surface area (Å²) in [6.07, 6.45) is 1.53. The molecule has 1 aromatic rings. The minimum Gasteiger partial charge on any atom is -0.380 e. The van der Waals surface area contributed by atoms with Gasteiger partial charge in [-0.25, -0.2) is 8.42 Å². The molecule has 100 valence electrons. The first-order chi connectivity index (χ1) is 8.40. The molecule has 0 heterocycles. The number of sulfone groups is 1. The summed E-state index contributed by atoms with van der Waals surface area (Å²) in [5.74, 6) is -0.0378. The zero-order valence-corrected chi connectivity index (χ0v) is 10.9. The molecule has 0 saturated carbocycles. The molecule has 6 nitrogen and oxygen atoms in total. The Balaban J connectivity index is 2.42. The second-order valence-corrected chi connectivity index (χ2v) is 6.14. The van der Waals surface area contributed by atoms with Gasteiger partial charge in [-0.15, -0.1) is 0 Å². The van der Waals surface area contributed by atoms with Gasteiger partial charge in [0.1, 0.15) is 9.84 Å². The molecule has 0 N–H and O–H groups in total. The predicted molar refractivity (Wildman–Crippen MR) is 67.3 cm³/mol. The first kappa shape index (κ1) is 14.6. The van der Waals surface area contributed by atoms with E-state index >= 15 is 0 Å². The Morgan fingerprint density at radius 3 is 2.56 bits per heavy atom. The van der Waals surface area contributed by atoms with Crippen LogP contribution in [0.4, 0.5) is 5.69 Å². The van der Waals surface area contributed by atoms with Crippen molar-refractivity contribution in [2.75, 3.05) is 25.2 Å². The van der Waals surface area contributed by atoms with Gasteiger partial charge >= 0.3 is 0 Å². The molecule has 0 spiro atoms. The third-order valence-electron chi connectivity index (χ3n) is 2.30. The van der Waals surface area contributed by atoms with Crippen LogP contribution in [0.2, 0.25) is 0 Å². The van der Waals surface area contributed by atoms with Gasteiger partial charge in [0.25, 0.3) is 5.69 Å². The van der Waals surface area contributed by atoms with E-state index in [0.717, 1.165) is 6.26 Å². The fraction of sp³-hybridized carbons (Fsp3) is 0.455. The third kappa shape index (κ3) is 5.24. The molecule has 0 aliphatic heterocycles. The van der Waals surface area contributed by atoms with E-state index in [-0.39, 0.29) is 24.7 Å². The van der Waals surface area contributed by atoms with Crippen LogP contribution in [0.3, 0.4) is 0 Å². The van der Waals surface area contributed by atoms with E-state index in [2.05, 4.69) is 0 Å². The van der Waals surface area contributed by atoms with Gasteiger partial charge in [0.2, 0.25) is 0 Å². The smallest absolute Gasteiger partial charge is 0.272 e. The van der Waals surface area contributed by atoms with E-state index in [1.54, 1.807) is 18.2 Å². The molecule has 0 aliphatic carbocycles. The van der Waals surface area contributed by atoms with E-state index in [1.165, 1.54) is 6.07 Å². The highest BCUT2D eigenvalue weighted by atomic mass is 32.2. The van der Waals surface area contributed by atoms with Crippen LogP contribution in [-0.4, -0.2) is 38.6 Å². The predicted octanol–water partition coefficient (Wildman–Crippen LogP) is 1.20. The molecule has 0 atom stereocenters. The van der Waals surface area contributed by atoms with Gasteiger partial charge in [0, 0.05) is 24.3 Å². The number of rotatable bonds is 7. The highest BCUT2D eigenvalue weighted by Crippen LogP contribution is 2.17. The molecule has 7 heteroatoms. The molecule has 0 radical (unpaired) electrons. The topological polar surface area (TPSA) is 86.5 Å². The van der Waals surface area contributed by atoms with Gasteiger partial charge in [-0.1, -0.05) is 18.2 Å². The standard InChI is InChI=1S/C11H15NO5S/c1-18(15,16)9-8-17-7-6-10-4-2-3-5-11(10)12(13)14/h2-5H,6-9H2,1H3. The largest absolute Gasteiger partial charge is 0.380 e. The Hall–Kier alpha value is -1.47. The van der Waals surface area contributed by atoms with Crippen LogP contribution in [-0.2, 0) is 21.0 Å². The van der Waals surface area contributed by atoms with E-state index < -0.39 is 14.8 Å². The van der Waals surface area contributed by atoms with E-state index in [0.29, 0.717) is 12.0 Å². The summed E-state index contributed by atoms with van der Waals surface area (Å²) in [5.41, 5.74) is 0.645. The Bertz CT molecular complexity index is 512. The van der Waals surface area contributed by atoms with Crippen molar-refractivity contribution in [3.63, 3.8) is 0 Å². The summed E-state index contributed by atoms with van der Waals surface area (Å²) in [4.78, 5) is 10.3. The SMILES string of the molecule is CS(=O)(=O)CCOCCc1ccccc1[N+](=O)[O-]. The number of benzene rings is 1. The van der Waals surface area contributed by atoms with E-state index in [1.807, 2.05) is 0 Å². The second-order valence-electron chi connectivity index (χ2n) is 3.88. The quantitative estimate of drug-likeness (QED) is 0.423. The number of ether oxygens (including phenoxy) is 1. The average Bonchev–Trinajstić information content (AvgIpc) is 2.27. The first-order valence-corrected chi connectivity index (χ1v) is 7.44. The van der Waals surface area contributed by atoms with Crippen molar-refractivity contribution in [1.82, 2.24) is 0 Å². The number of para-hydroxylation sites is 1. The lowest BCUT2D eigenvalue weighted by molar-refractivity contribution is -0.385. The van der Waals surface area contributed by atoms with E-state index in [9.17, 15) is 18.5 Å². The van der Waals surface area contributed by atoms with Crippen molar-refractivity contribution < 1.29 is 18.1 Å². The molecule has 0 aliphatic rings. The van der Waals surface area contributed by atoms with Crippen LogP contribution in [0.25, 0.3) is 0 Å². The van der Waals surface area contributed by atoms with Gasteiger partial charge in [0.05, 0.1) is 23.9 Å². The molecule has 1 rings (SSSR count). The number of nitrogens with zero attached hydrogens (tertiary/aromatic N) is 1. The van der Waals surface area contributed by atoms with Gasteiger partial charge in [-0.2, -0.15) is 0 Å². The fourth-order valence-corrected chi connectivity index (χ4v) is 1.82. The highest BCUT2D eigenvalue weighted by Gasteiger charge is 2.11. The maximum Gasteiger partial charge on any atom is 0.272 e. The van der Waals surface area contributed by atoms with Crippen LogP contribution in [0, 0.1) is 10.1 Å². The van der Waals surface area contributed by atoms with Crippen molar-refractivity contribution >= 4 is 15.5 Å². The van der Waals surface area contributed by atoms with Gasteiger partial charge in [-0.05, 0) is 0 Å². The van der Waals surface area contributed by atoms with Crippen LogP contribution in [0.15, 0.2) is 24.3 Å². The maximum absolute atomic E-state index is 10.8. The Morgan fingerprint density at radius 1 is 1.28 bits per heavy atom. The highest BCUT2D eigenvalue weighted by molar-refractivity contribution is 7.90. The zero-order chi connectivity index (χ0) is 13.6. The van der Waals surface area contributed by atoms with E-state index in [4.69, 9.17) is 4.74 Å². The van der Waals surface area contributed by atoms with Crippen LogP contribution < -0.4 is 0 Å². The molecule has 0 aromatic heterocycles. The molecule has 0 bridgehead atoms. The van der Waals surface area contributed by atoms with Crippen molar-refractivity contribution in [2.45, 2.75) is 6.42 Å². The summed E-state index contributed by atoms with van der Waals surface area (Å²) in [7, 11) is -3.02. The maximum atomic E-state index is 10.8. The lowest BCUT2D eigenvalue weighted by atomic mass is 10.1. The third-order valence-corrected chi connectivity index (χ3v) is 3.21. The molecule has 0 unspecified atom stereocenters. The summed E-state index contributed by atoms with van der Waals surface area (Å²) in [6.45, 7) is 0.375. The van der Waals surface area contributed by atoms with Gasteiger partial charge in [0.15, 0.2) is 0 Å². The number of nitro benzene ring substituents is 1. The fourth-order valence-electron chi connectivity index (χ4n) is 1.39. The van der Waals surface area contributed by atoms with Crippen LogP contribution in [0.1, 0.15) is 5.56 Å². The molecule has 18 heavy (non-hydrogen) atoms. The summed E-state index contributed by atoms with van der Waals surface area (Å²) in [6, 6.07) is 6.43. The number of nitro groups is 1. The van der Waals surface area contributed by atoms with Crippen molar-refractivity contribution in [3.8, 4) is 0 Å². The molecule has 0 amide bonds. The van der Waals surface area contributed by atoms with Gasteiger partial charge < -0.3 is 4.74 Å². The molecular weight excluding hydrogens is 258 g/mol. The van der Waals surface area contributed by atoms with Crippen molar-refractivity contribution in [1.29, 1.82) is 0 Å².